The van der Waals surface area contributed by atoms with E-state index in [9.17, 15) is 9.90 Å². The van der Waals surface area contributed by atoms with Crippen LogP contribution in [0, 0.1) is 0 Å². The average Bonchev–Trinajstić information content (AvgIpc) is 3.41. The molecule has 0 spiro atoms. The molecule has 2 aromatic heterocycles. The van der Waals surface area contributed by atoms with E-state index in [1.165, 1.54) is 6.33 Å². The first-order valence-corrected chi connectivity index (χ1v) is 16.0. The smallest absolute Gasteiger partial charge is 0.323 e. The topological polar surface area (TPSA) is 165 Å². The van der Waals surface area contributed by atoms with Crippen molar-refractivity contribution in [2.45, 2.75) is 70.1 Å². The van der Waals surface area contributed by atoms with Crippen molar-refractivity contribution in [3.8, 4) is 11.6 Å². The van der Waals surface area contributed by atoms with E-state index in [0.717, 1.165) is 0 Å². The largest absolute Gasteiger partial charge is 0.476 e. The van der Waals surface area contributed by atoms with E-state index in [4.69, 9.17) is 52.4 Å². The van der Waals surface area contributed by atoms with Crippen molar-refractivity contribution < 1.29 is 33.2 Å². The number of hydrogen-bond acceptors (Lipinski definition) is 12. The Labute approximate surface area is 247 Å². The number of imidazole rings is 1. The Morgan fingerprint density at radius 2 is 2.02 bits per heavy atom. The summed E-state index contributed by atoms with van der Waals surface area (Å²) in [5.74, 6) is 0.124. The Hall–Kier alpha value is -2.58. The van der Waals surface area contributed by atoms with Gasteiger partial charge in [-0.15, -0.1) is 11.6 Å². The maximum absolute atomic E-state index is 12.5. The highest BCUT2D eigenvalue weighted by Gasteiger charge is 2.54. The number of rotatable bonds is 12. The Balaban J connectivity index is 1.56. The number of halogens is 1. The number of nitrogen functional groups attached to an aromatic ring is 1. The van der Waals surface area contributed by atoms with Crippen LogP contribution in [0.5, 0.6) is 11.6 Å². The molecule has 0 bridgehead atoms. The minimum atomic E-state index is -3.38. The van der Waals surface area contributed by atoms with Crippen LogP contribution >= 0.6 is 18.2 Å². The maximum Gasteiger partial charge on any atom is 0.323 e. The van der Waals surface area contributed by atoms with Gasteiger partial charge in [0.25, 0.3) is 0 Å². The van der Waals surface area contributed by atoms with E-state index in [1.54, 1.807) is 56.5 Å². The number of benzene rings is 1. The van der Waals surface area contributed by atoms with Crippen LogP contribution in [-0.2, 0) is 30.6 Å². The molecule has 1 aliphatic rings. The van der Waals surface area contributed by atoms with Gasteiger partial charge >= 0.3 is 12.6 Å². The van der Waals surface area contributed by atoms with Crippen LogP contribution < -0.4 is 20.1 Å². The van der Waals surface area contributed by atoms with Gasteiger partial charge in [-0.25, -0.2) is 10.1 Å². The highest BCUT2D eigenvalue weighted by atomic mass is 35.5. The lowest BCUT2D eigenvalue weighted by atomic mass is 10.0. The minimum absolute atomic E-state index is 0.0210. The number of anilines is 1. The second-order valence-electron chi connectivity index (χ2n) is 9.80. The maximum atomic E-state index is 12.5. The highest BCUT2D eigenvalue weighted by molar-refractivity contribution is 8.09. The fourth-order valence-corrected chi connectivity index (χ4v) is 6.89. The Kier molecular flexibility index (Phi) is 9.74. The lowest BCUT2D eigenvalue weighted by molar-refractivity contribution is -0.149. The zero-order valence-electron chi connectivity index (χ0n) is 23.3. The van der Waals surface area contributed by atoms with Crippen molar-refractivity contribution in [3.63, 3.8) is 0 Å². The summed E-state index contributed by atoms with van der Waals surface area (Å²) < 4.78 is 30.7. The molecule has 3 heterocycles. The van der Waals surface area contributed by atoms with E-state index < -0.39 is 42.0 Å². The Bertz CT molecular complexity index is 1410. The zero-order valence-corrected chi connectivity index (χ0v) is 25.7. The first-order valence-electron chi connectivity index (χ1n) is 13.0. The number of hydrogen-bond donors (Lipinski definition) is 3. The number of aliphatic hydroxyl groups excluding tert-OH is 1. The van der Waals surface area contributed by atoms with Crippen LogP contribution in [-0.4, -0.2) is 73.0 Å². The molecule has 0 aliphatic carbocycles. The third kappa shape index (κ3) is 7.08. The van der Waals surface area contributed by atoms with Crippen molar-refractivity contribution in [2.24, 2.45) is 0 Å². The number of carbonyl (C=O) groups excluding carboxylic acids is 1. The molecule has 6 atom stereocenters. The predicted molar refractivity (Wildman–Crippen MR) is 156 cm³/mol. The SMILES string of the molecule is CCOc1nc(N)nc2c1ncn2[C@@H]1O[C@H](COP(=S)(N[C@H](C)C(=O)OC(C)C)Oc2ccccc2)[C@@H](O)[C@@]1(C)Cl. The van der Waals surface area contributed by atoms with Crippen LogP contribution in [0.4, 0.5) is 5.95 Å². The number of nitrogens with one attached hydrogen (secondary N) is 1. The van der Waals surface area contributed by atoms with Gasteiger partial charge in [-0.05, 0) is 58.6 Å². The van der Waals surface area contributed by atoms with Gasteiger partial charge in [0.2, 0.25) is 11.8 Å². The van der Waals surface area contributed by atoms with Crippen molar-refractivity contribution >= 4 is 53.1 Å². The lowest BCUT2D eigenvalue weighted by Gasteiger charge is -2.28. The molecule has 0 saturated carbocycles. The molecule has 16 heteroatoms. The Morgan fingerprint density at radius 3 is 2.68 bits per heavy atom. The molecule has 224 valence electrons. The van der Waals surface area contributed by atoms with Crippen LogP contribution in [0.25, 0.3) is 11.2 Å². The van der Waals surface area contributed by atoms with Gasteiger partial charge in [-0.3, -0.25) is 9.36 Å². The molecule has 1 aliphatic heterocycles. The van der Waals surface area contributed by atoms with Gasteiger partial charge in [-0.1, -0.05) is 18.2 Å². The first kappa shape index (κ1) is 31.4. The summed E-state index contributed by atoms with van der Waals surface area (Å²) in [6, 6.07) is 7.97. The number of para-hydroxylation sites is 1. The summed E-state index contributed by atoms with van der Waals surface area (Å²) in [4.78, 5) is 23.9. The third-order valence-corrected chi connectivity index (χ3v) is 9.00. The lowest BCUT2D eigenvalue weighted by Crippen LogP contribution is -2.40. The number of ether oxygens (including phenoxy) is 3. The van der Waals surface area contributed by atoms with Crippen molar-refractivity contribution in [1.29, 1.82) is 0 Å². The number of aromatic nitrogens is 4. The van der Waals surface area contributed by atoms with Gasteiger partial charge in [0.1, 0.15) is 28.9 Å². The van der Waals surface area contributed by atoms with Crippen molar-refractivity contribution in [3.05, 3.63) is 36.7 Å². The van der Waals surface area contributed by atoms with Crippen LogP contribution in [0.3, 0.4) is 0 Å². The number of esters is 1. The third-order valence-electron chi connectivity index (χ3n) is 6.09. The zero-order chi connectivity index (χ0) is 29.9. The number of fused-ring (bicyclic) bond motifs is 1. The second-order valence-corrected chi connectivity index (χ2v) is 13.8. The van der Waals surface area contributed by atoms with Crippen LogP contribution in [0.1, 0.15) is 40.8 Å². The van der Waals surface area contributed by atoms with Crippen LogP contribution in [0.2, 0.25) is 0 Å². The van der Waals surface area contributed by atoms with E-state index >= 15 is 0 Å². The van der Waals surface area contributed by atoms with Gasteiger partial charge in [0, 0.05) is 0 Å². The molecule has 4 rings (SSSR count). The quantitative estimate of drug-likeness (QED) is 0.152. The van der Waals surface area contributed by atoms with Gasteiger partial charge in [0.05, 0.1) is 25.6 Å². The number of carbonyl (C=O) groups is 1. The number of nitrogens with two attached hydrogens (primary N) is 1. The van der Waals surface area contributed by atoms with Gasteiger partial charge < -0.3 is 34.1 Å². The molecule has 1 unspecified atom stereocenters. The van der Waals surface area contributed by atoms with Crippen LogP contribution in [0.15, 0.2) is 36.7 Å². The molecule has 3 aromatic rings. The number of aliphatic hydroxyl groups is 1. The molecule has 13 nitrogen and oxygen atoms in total. The fourth-order valence-electron chi connectivity index (χ4n) is 4.17. The standard InChI is InChI=1S/C25H34ClN6O7PS/c1-6-35-21-18-20(29-24(27)30-21)32(13-28-18)23-25(5,26)19(33)17(38-23)12-36-40(41,39-16-10-8-7-9-11-16)31-15(4)22(34)37-14(2)3/h7-11,13-15,17,19,23,33H,6,12H2,1-5H3,(H,31,41)(H2,27,29,30)/t15-,17-,19-,23-,25-,40?/m1/s1. The number of nitrogens with zero attached hydrogens (tertiary/aromatic N) is 4. The average molecular weight is 629 g/mol. The minimum Gasteiger partial charge on any atom is -0.476 e. The molecule has 1 saturated heterocycles. The summed E-state index contributed by atoms with van der Waals surface area (Å²) in [5.41, 5.74) is 6.59. The normalized spacial score (nSPS) is 24.7. The molecule has 1 aromatic carbocycles. The van der Waals surface area contributed by atoms with E-state index in [2.05, 4.69) is 20.0 Å². The summed E-state index contributed by atoms with van der Waals surface area (Å²) in [5, 5.41) is 14.2. The first-order chi connectivity index (χ1) is 19.3. The molecular weight excluding hydrogens is 595 g/mol. The summed E-state index contributed by atoms with van der Waals surface area (Å²) in [6.07, 6.45) is -1.92. The Morgan fingerprint density at radius 1 is 1.32 bits per heavy atom. The van der Waals surface area contributed by atoms with Gasteiger partial charge in [0.15, 0.2) is 17.4 Å². The fraction of sp³-hybridized carbons (Fsp3) is 0.520. The monoisotopic (exact) mass is 628 g/mol. The molecule has 0 radical (unpaired) electrons. The number of alkyl halides is 1. The summed E-state index contributed by atoms with van der Waals surface area (Å²) in [6.45, 7) is 5.29. The second kappa shape index (κ2) is 12.7. The van der Waals surface area contributed by atoms with E-state index in [1.807, 2.05) is 13.0 Å². The molecular formula is C25H34ClN6O7PS. The van der Waals surface area contributed by atoms with E-state index in [-0.39, 0.29) is 24.5 Å². The molecule has 1 fully saturated rings. The molecule has 0 amide bonds. The molecule has 4 N–H and O–H groups in total. The summed E-state index contributed by atoms with van der Waals surface area (Å²) in [7, 11) is 0. The van der Waals surface area contributed by atoms with Crippen molar-refractivity contribution in [2.75, 3.05) is 18.9 Å². The van der Waals surface area contributed by atoms with Crippen molar-refractivity contribution in [1.82, 2.24) is 24.6 Å². The predicted octanol–water partition coefficient (Wildman–Crippen LogP) is 3.31. The highest BCUT2D eigenvalue weighted by Crippen LogP contribution is 2.49. The van der Waals surface area contributed by atoms with Gasteiger partial charge in [-0.2, -0.15) is 9.97 Å². The summed E-state index contributed by atoms with van der Waals surface area (Å²) >= 11 is 12.6. The van der Waals surface area contributed by atoms with E-state index in [0.29, 0.717) is 23.5 Å². The molecule has 41 heavy (non-hydrogen) atoms.